The summed E-state index contributed by atoms with van der Waals surface area (Å²) in [6.45, 7) is 1.44. The summed E-state index contributed by atoms with van der Waals surface area (Å²) in [6.07, 6.45) is 2.67. The number of nitrogens with zero attached hydrogens (tertiary/aromatic N) is 3. The minimum absolute atomic E-state index is 0. The molecule has 2 aromatic heterocycles. The van der Waals surface area contributed by atoms with Crippen LogP contribution in [0.25, 0.3) is 11.3 Å². The molecule has 0 radical (unpaired) electrons. The quantitative estimate of drug-likeness (QED) is 0.322. The van der Waals surface area contributed by atoms with Crippen LogP contribution >= 0.6 is 35.3 Å². The topological polar surface area (TPSA) is 62.2 Å². The molecule has 0 aliphatic carbocycles. The third-order valence-electron chi connectivity index (χ3n) is 3.65. The average molecular weight is 479 g/mol. The lowest BCUT2D eigenvalue weighted by Gasteiger charge is -2.10. The smallest absolute Gasteiger partial charge is 0.191 e. The maximum atomic E-state index is 4.68. The third-order valence-corrected chi connectivity index (χ3v) is 4.50. The summed E-state index contributed by atoms with van der Waals surface area (Å²) in [5.74, 6) is 0.771. The van der Waals surface area contributed by atoms with Crippen LogP contribution in [-0.2, 0) is 13.0 Å². The van der Waals surface area contributed by atoms with Gasteiger partial charge < -0.3 is 10.6 Å². The summed E-state index contributed by atoms with van der Waals surface area (Å²) >= 11 is 1.65. The van der Waals surface area contributed by atoms with E-state index in [-0.39, 0.29) is 24.0 Å². The Hall–Kier alpha value is -2.00. The molecule has 0 aliphatic rings. The van der Waals surface area contributed by atoms with Crippen LogP contribution in [0, 0.1) is 0 Å². The molecular weight excluding hydrogens is 457 g/mol. The van der Waals surface area contributed by atoms with Gasteiger partial charge in [-0.25, -0.2) is 4.98 Å². The maximum Gasteiger partial charge on any atom is 0.191 e. The van der Waals surface area contributed by atoms with Crippen molar-refractivity contribution in [1.29, 1.82) is 0 Å². The molecule has 136 valence electrons. The monoisotopic (exact) mass is 479 g/mol. The SMILES string of the molecule is CN=C(NCCc1ccccn1)NCc1nc(-c2ccccc2)cs1.I. The number of aliphatic imine (C=N–C) groups is 1. The molecule has 0 atom stereocenters. The number of hydrogen-bond donors (Lipinski definition) is 2. The van der Waals surface area contributed by atoms with Gasteiger partial charge >= 0.3 is 0 Å². The summed E-state index contributed by atoms with van der Waals surface area (Å²) in [7, 11) is 1.77. The summed E-state index contributed by atoms with van der Waals surface area (Å²) in [6, 6.07) is 16.2. The van der Waals surface area contributed by atoms with E-state index >= 15 is 0 Å². The van der Waals surface area contributed by atoms with Gasteiger partial charge in [-0.3, -0.25) is 9.98 Å². The van der Waals surface area contributed by atoms with Gasteiger partial charge in [0.1, 0.15) is 5.01 Å². The van der Waals surface area contributed by atoms with E-state index in [1.54, 1.807) is 18.4 Å². The number of hydrogen-bond acceptors (Lipinski definition) is 4. The third kappa shape index (κ3) is 6.06. The number of rotatable bonds is 6. The maximum absolute atomic E-state index is 4.68. The van der Waals surface area contributed by atoms with Crippen LogP contribution in [0.15, 0.2) is 65.1 Å². The summed E-state index contributed by atoms with van der Waals surface area (Å²) in [4.78, 5) is 13.2. The molecule has 0 aliphatic heterocycles. The van der Waals surface area contributed by atoms with Crippen molar-refractivity contribution in [2.45, 2.75) is 13.0 Å². The van der Waals surface area contributed by atoms with Crippen molar-refractivity contribution < 1.29 is 0 Å². The van der Waals surface area contributed by atoms with Crippen LogP contribution in [0.3, 0.4) is 0 Å². The van der Waals surface area contributed by atoms with Crippen molar-refractivity contribution in [1.82, 2.24) is 20.6 Å². The predicted octanol–water partition coefficient (Wildman–Crippen LogP) is 3.73. The number of benzene rings is 1. The zero-order valence-corrected chi connectivity index (χ0v) is 17.7. The van der Waals surface area contributed by atoms with Gasteiger partial charge in [0, 0.05) is 42.8 Å². The van der Waals surface area contributed by atoms with Gasteiger partial charge in [0.2, 0.25) is 0 Å². The highest BCUT2D eigenvalue weighted by atomic mass is 127. The van der Waals surface area contributed by atoms with Crippen LogP contribution < -0.4 is 10.6 Å². The number of halogens is 1. The van der Waals surface area contributed by atoms with Gasteiger partial charge in [-0.1, -0.05) is 36.4 Å². The van der Waals surface area contributed by atoms with Crippen LogP contribution in [0.4, 0.5) is 0 Å². The van der Waals surface area contributed by atoms with Crippen molar-refractivity contribution >= 4 is 41.3 Å². The lowest BCUT2D eigenvalue weighted by Crippen LogP contribution is -2.37. The summed E-state index contributed by atoms with van der Waals surface area (Å²) < 4.78 is 0. The highest BCUT2D eigenvalue weighted by Gasteiger charge is 2.05. The van der Waals surface area contributed by atoms with E-state index in [2.05, 4.69) is 43.1 Å². The van der Waals surface area contributed by atoms with E-state index in [4.69, 9.17) is 0 Å². The predicted molar refractivity (Wildman–Crippen MR) is 119 cm³/mol. The molecule has 2 N–H and O–H groups in total. The molecule has 0 saturated carbocycles. The molecule has 0 spiro atoms. The number of nitrogens with one attached hydrogen (secondary N) is 2. The number of pyridine rings is 1. The fraction of sp³-hybridized carbons (Fsp3) is 0.211. The first-order valence-electron chi connectivity index (χ1n) is 8.19. The molecule has 5 nitrogen and oxygen atoms in total. The van der Waals surface area contributed by atoms with E-state index in [0.29, 0.717) is 6.54 Å². The van der Waals surface area contributed by atoms with Crippen LogP contribution in [0.5, 0.6) is 0 Å². The van der Waals surface area contributed by atoms with E-state index in [0.717, 1.165) is 40.9 Å². The minimum atomic E-state index is 0. The van der Waals surface area contributed by atoms with E-state index in [9.17, 15) is 0 Å². The van der Waals surface area contributed by atoms with Crippen molar-refractivity contribution in [3.05, 3.63) is 70.8 Å². The molecule has 7 heteroatoms. The fourth-order valence-electron chi connectivity index (χ4n) is 2.37. The molecule has 1 aromatic carbocycles. The minimum Gasteiger partial charge on any atom is -0.356 e. The molecule has 0 bridgehead atoms. The molecule has 0 fully saturated rings. The van der Waals surface area contributed by atoms with E-state index in [1.165, 1.54) is 0 Å². The Balaban J connectivity index is 0.00000243. The Morgan fingerprint density at radius 3 is 2.62 bits per heavy atom. The lowest BCUT2D eigenvalue weighted by atomic mass is 10.2. The van der Waals surface area contributed by atoms with E-state index in [1.807, 2.05) is 42.6 Å². The van der Waals surface area contributed by atoms with Gasteiger partial charge in [0.15, 0.2) is 5.96 Å². The first-order valence-corrected chi connectivity index (χ1v) is 9.07. The molecule has 3 rings (SSSR count). The van der Waals surface area contributed by atoms with Crippen molar-refractivity contribution in [3.63, 3.8) is 0 Å². The highest BCUT2D eigenvalue weighted by Crippen LogP contribution is 2.21. The first-order chi connectivity index (χ1) is 12.3. The van der Waals surface area contributed by atoms with Gasteiger partial charge in [0.25, 0.3) is 0 Å². The second-order valence-corrected chi connectivity index (χ2v) is 6.36. The Morgan fingerprint density at radius 2 is 1.88 bits per heavy atom. The normalized spacial score (nSPS) is 10.9. The Kier molecular flexibility index (Phi) is 8.49. The van der Waals surface area contributed by atoms with Crippen LogP contribution in [-0.4, -0.2) is 29.5 Å². The average Bonchev–Trinajstić information content (AvgIpc) is 3.15. The number of thiazole rings is 1. The second kappa shape index (κ2) is 10.9. The zero-order valence-electron chi connectivity index (χ0n) is 14.6. The summed E-state index contributed by atoms with van der Waals surface area (Å²) in [5.41, 5.74) is 3.22. The van der Waals surface area contributed by atoms with Crippen LogP contribution in [0.2, 0.25) is 0 Å². The zero-order chi connectivity index (χ0) is 17.3. The molecule has 3 aromatic rings. The van der Waals surface area contributed by atoms with Crippen molar-refractivity contribution in [2.24, 2.45) is 4.99 Å². The molecule has 0 amide bonds. The van der Waals surface area contributed by atoms with E-state index < -0.39 is 0 Å². The van der Waals surface area contributed by atoms with Crippen molar-refractivity contribution in [2.75, 3.05) is 13.6 Å². The van der Waals surface area contributed by atoms with Gasteiger partial charge in [-0.2, -0.15) is 0 Å². The lowest BCUT2D eigenvalue weighted by molar-refractivity contribution is 0.782. The van der Waals surface area contributed by atoms with Gasteiger partial charge in [-0.05, 0) is 12.1 Å². The van der Waals surface area contributed by atoms with Crippen molar-refractivity contribution in [3.8, 4) is 11.3 Å². The van der Waals surface area contributed by atoms with Gasteiger partial charge in [-0.15, -0.1) is 35.3 Å². The largest absolute Gasteiger partial charge is 0.356 e. The number of guanidine groups is 1. The van der Waals surface area contributed by atoms with Crippen LogP contribution in [0.1, 0.15) is 10.7 Å². The molecule has 26 heavy (non-hydrogen) atoms. The molecule has 2 heterocycles. The Labute approximate surface area is 175 Å². The number of aromatic nitrogens is 2. The standard InChI is InChI=1S/C19H21N5S.HI/c1-20-19(22-12-10-16-9-5-6-11-21-16)23-13-18-24-17(14-25-18)15-7-3-2-4-8-15;/h2-9,11,14H,10,12-13H2,1H3,(H2,20,22,23);1H. The highest BCUT2D eigenvalue weighted by molar-refractivity contribution is 14.0. The Morgan fingerprint density at radius 1 is 1.08 bits per heavy atom. The Bertz CT molecular complexity index is 805. The van der Waals surface area contributed by atoms with Gasteiger partial charge in [0.05, 0.1) is 12.2 Å². The molecule has 0 saturated heterocycles. The second-order valence-electron chi connectivity index (χ2n) is 5.42. The fourth-order valence-corrected chi connectivity index (χ4v) is 3.11. The molecular formula is C19H22IN5S. The first kappa shape index (κ1) is 20.3. The molecule has 0 unspecified atom stereocenters. The summed E-state index contributed by atoms with van der Waals surface area (Å²) in [5, 5.41) is 9.73.